The summed E-state index contributed by atoms with van der Waals surface area (Å²) in [6.45, 7) is 4.68. The van der Waals surface area contributed by atoms with Crippen LogP contribution in [0.15, 0.2) is 30.3 Å². The van der Waals surface area contributed by atoms with E-state index in [9.17, 15) is 4.39 Å². The normalized spacial score (nSPS) is 10.9. The molecule has 0 aliphatic heterocycles. The van der Waals surface area contributed by atoms with Crippen LogP contribution in [0.25, 0.3) is 0 Å². The molecule has 1 aromatic carbocycles. The van der Waals surface area contributed by atoms with Crippen LogP contribution in [0, 0.1) is 5.82 Å². The third-order valence-corrected chi connectivity index (χ3v) is 3.13. The minimum atomic E-state index is -0.233. The van der Waals surface area contributed by atoms with Gasteiger partial charge in [-0.1, -0.05) is 37.6 Å². The molecule has 106 valence electrons. The van der Waals surface area contributed by atoms with E-state index in [0.717, 1.165) is 17.2 Å². The first-order valence-corrected chi connectivity index (χ1v) is 6.83. The standard InChI is InChI=1S/C15H17ClFN3/c1-10(2)15-18-13(16)8-14(19-15)20(3)9-11-4-6-12(17)7-5-11/h4-8,10H,9H2,1-3H3. The molecular weight excluding hydrogens is 277 g/mol. The number of rotatable bonds is 4. The minimum absolute atomic E-state index is 0.215. The largest absolute Gasteiger partial charge is 0.355 e. The molecule has 0 atom stereocenters. The molecule has 0 aliphatic carbocycles. The second-order valence-corrected chi connectivity index (χ2v) is 5.43. The first kappa shape index (κ1) is 14.7. The average molecular weight is 294 g/mol. The summed E-state index contributed by atoms with van der Waals surface area (Å²) in [6.07, 6.45) is 0. The topological polar surface area (TPSA) is 29.0 Å². The maximum absolute atomic E-state index is 12.9. The number of hydrogen-bond acceptors (Lipinski definition) is 3. The van der Waals surface area contributed by atoms with Crippen LogP contribution in [0.3, 0.4) is 0 Å². The number of halogens is 2. The Hall–Kier alpha value is -1.68. The molecule has 0 spiro atoms. The van der Waals surface area contributed by atoms with Crippen LogP contribution in [0.1, 0.15) is 31.2 Å². The summed E-state index contributed by atoms with van der Waals surface area (Å²) in [5.74, 6) is 1.46. The number of benzene rings is 1. The van der Waals surface area contributed by atoms with E-state index in [1.54, 1.807) is 18.2 Å². The lowest BCUT2D eigenvalue weighted by Gasteiger charge is -2.19. The molecule has 0 unspecified atom stereocenters. The van der Waals surface area contributed by atoms with E-state index in [-0.39, 0.29) is 11.7 Å². The first-order valence-electron chi connectivity index (χ1n) is 6.46. The van der Waals surface area contributed by atoms with Gasteiger partial charge in [0.1, 0.15) is 22.6 Å². The number of nitrogens with zero attached hydrogens (tertiary/aromatic N) is 3. The van der Waals surface area contributed by atoms with Crippen LogP contribution in [-0.4, -0.2) is 17.0 Å². The van der Waals surface area contributed by atoms with E-state index in [4.69, 9.17) is 11.6 Å². The molecule has 0 radical (unpaired) electrons. The molecule has 20 heavy (non-hydrogen) atoms. The van der Waals surface area contributed by atoms with Gasteiger partial charge in [0.25, 0.3) is 0 Å². The molecule has 1 aromatic heterocycles. The van der Waals surface area contributed by atoms with Gasteiger partial charge in [-0.3, -0.25) is 0 Å². The van der Waals surface area contributed by atoms with E-state index in [1.165, 1.54) is 12.1 Å². The SMILES string of the molecule is CC(C)c1nc(Cl)cc(N(C)Cc2ccc(F)cc2)n1. The second kappa shape index (κ2) is 6.18. The van der Waals surface area contributed by atoms with E-state index >= 15 is 0 Å². The van der Waals surface area contributed by atoms with Gasteiger partial charge >= 0.3 is 0 Å². The maximum atomic E-state index is 12.9. The molecule has 5 heteroatoms. The van der Waals surface area contributed by atoms with Gasteiger partial charge in [0, 0.05) is 25.6 Å². The second-order valence-electron chi connectivity index (χ2n) is 5.04. The summed E-state index contributed by atoms with van der Waals surface area (Å²) >= 11 is 6.03. The zero-order valence-corrected chi connectivity index (χ0v) is 12.5. The van der Waals surface area contributed by atoms with Gasteiger partial charge in [-0.25, -0.2) is 14.4 Å². The van der Waals surface area contributed by atoms with Crippen molar-refractivity contribution in [3.63, 3.8) is 0 Å². The van der Waals surface area contributed by atoms with Gasteiger partial charge in [0.05, 0.1) is 0 Å². The minimum Gasteiger partial charge on any atom is -0.355 e. The lowest BCUT2D eigenvalue weighted by molar-refractivity contribution is 0.627. The van der Waals surface area contributed by atoms with E-state index < -0.39 is 0 Å². The number of hydrogen-bond donors (Lipinski definition) is 0. The van der Waals surface area contributed by atoms with Crippen molar-refractivity contribution in [2.75, 3.05) is 11.9 Å². The highest BCUT2D eigenvalue weighted by molar-refractivity contribution is 6.29. The van der Waals surface area contributed by atoms with E-state index in [1.807, 2.05) is 25.8 Å². The Morgan fingerprint density at radius 2 is 1.85 bits per heavy atom. The van der Waals surface area contributed by atoms with Gasteiger partial charge in [-0.2, -0.15) is 0 Å². The van der Waals surface area contributed by atoms with Crippen LogP contribution < -0.4 is 4.90 Å². The molecule has 0 bridgehead atoms. The Bertz CT molecular complexity index is 584. The monoisotopic (exact) mass is 293 g/mol. The molecule has 2 aromatic rings. The zero-order valence-electron chi connectivity index (χ0n) is 11.8. The molecule has 0 fully saturated rings. The summed E-state index contributed by atoms with van der Waals surface area (Å²) in [7, 11) is 1.92. The highest BCUT2D eigenvalue weighted by Gasteiger charge is 2.10. The number of anilines is 1. The Morgan fingerprint density at radius 3 is 2.45 bits per heavy atom. The first-order chi connectivity index (χ1) is 9.45. The van der Waals surface area contributed by atoms with Gasteiger partial charge in [-0.05, 0) is 17.7 Å². The van der Waals surface area contributed by atoms with Gasteiger partial charge < -0.3 is 4.90 Å². The Labute approximate surface area is 123 Å². The predicted molar refractivity (Wildman–Crippen MR) is 79.6 cm³/mol. The highest BCUT2D eigenvalue weighted by Crippen LogP contribution is 2.20. The molecular formula is C15H17ClFN3. The molecule has 1 heterocycles. The van der Waals surface area contributed by atoms with Crippen molar-refractivity contribution in [3.8, 4) is 0 Å². The summed E-state index contributed by atoms with van der Waals surface area (Å²) in [6, 6.07) is 8.16. The lowest BCUT2D eigenvalue weighted by atomic mass is 10.2. The van der Waals surface area contributed by atoms with Crippen molar-refractivity contribution in [1.29, 1.82) is 0 Å². The van der Waals surface area contributed by atoms with Crippen LogP contribution >= 0.6 is 11.6 Å². The van der Waals surface area contributed by atoms with Crippen LogP contribution in [0.5, 0.6) is 0 Å². The van der Waals surface area contributed by atoms with Crippen molar-refractivity contribution >= 4 is 17.4 Å². The average Bonchev–Trinajstić information content (AvgIpc) is 2.40. The molecule has 0 saturated carbocycles. The zero-order chi connectivity index (χ0) is 14.7. The van der Waals surface area contributed by atoms with E-state index in [2.05, 4.69) is 9.97 Å². The van der Waals surface area contributed by atoms with Crippen molar-refractivity contribution in [3.05, 3.63) is 52.7 Å². The van der Waals surface area contributed by atoms with Gasteiger partial charge in [0.2, 0.25) is 0 Å². The fraction of sp³-hybridized carbons (Fsp3) is 0.333. The van der Waals surface area contributed by atoms with Crippen LogP contribution in [-0.2, 0) is 6.54 Å². The quantitative estimate of drug-likeness (QED) is 0.797. The van der Waals surface area contributed by atoms with Crippen molar-refractivity contribution in [1.82, 2.24) is 9.97 Å². The molecule has 2 rings (SSSR count). The van der Waals surface area contributed by atoms with E-state index in [0.29, 0.717) is 11.7 Å². The lowest BCUT2D eigenvalue weighted by Crippen LogP contribution is -2.19. The van der Waals surface area contributed by atoms with Crippen molar-refractivity contribution in [2.24, 2.45) is 0 Å². The Kier molecular flexibility index (Phi) is 4.55. The molecule has 0 N–H and O–H groups in total. The van der Waals surface area contributed by atoms with Crippen LogP contribution in [0.4, 0.5) is 10.2 Å². The smallest absolute Gasteiger partial charge is 0.135 e. The summed E-state index contributed by atoms with van der Waals surface area (Å²) in [5.41, 5.74) is 1.01. The third kappa shape index (κ3) is 3.67. The summed E-state index contributed by atoms with van der Waals surface area (Å²) < 4.78 is 12.9. The summed E-state index contributed by atoms with van der Waals surface area (Å²) in [5, 5.41) is 0.435. The molecule has 0 saturated heterocycles. The fourth-order valence-electron chi connectivity index (χ4n) is 1.82. The third-order valence-electron chi connectivity index (χ3n) is 2.94. The Morgan fingerprint density at radius 1 is 1.20 bits per heavy atom. The molecule has 0 amide bonds. The van der Waals surface area contributed by atoms with Crippen molar-refractivity contribution in [2.45, 2.75) is 26.3 Å². The maximum Gasteiger partial charge on any atom is 0.135 e. The molecule has 3 nitrogen and oxygen atoms in total. The molecule has 0 aliphatic rings. The predicted octanol–water partition coefficient (Wildman–Crippen LogP) is 4.03. The Balaban J connectivity index is 2.20. The fourth-order valence-corrected chi connectivity index (χ4v) is 2.01. The number of aromatic nitrogens is 2. The van der Waals surface area contributed by atoms with Crippen molar-refractivity contribution < 1.29 is 4.39 Å². The highest BCUT2D eigenvalue weighted by atomic mass is 35.5. The summed E-state index contributed by atoms with van der Waals surface area (Å²) in [4.78, 5) is 10.7. The van der Waals surface area contributed by atoms with Gasteiger partial charge in [-0.15, -0.1) is 0 Å². The van der Waals surface area contributed by atoms with Gasteiger partial charge in [0.15, 0.2) is 0 Å². The van der Waals surface area contributed by atoms with Crippen LogP contribution in [0.2, 0.25) is 5.15 Å².